The Balaban J connectivity index is 2.25. The number of pyridine rings is 1. The van der Waals surface area contributed by atoms with Gasteiger partial charge in [-0.3, -0.25) is 9.78 Å². The first kappa shape index (κ1) is 14.1. The first-order valence-corrected chi connectivity index (χ1v) is 6.51. The summed E-state index contributed by atoms with van der Waals surface area (Å²) in [4.78, 5) is 15.1. The van der Waals surface area contributed by atoms with Gasteiger partial charge in [-0.1, -0.05) is 13.3 Å². The van der Waals surface area contributed by atoms with Gasteiger partial charge in [0, 0.05) is 30.4 Å². The Morgan fingerprint density at radius 3 is 2.95 bits per heavy atom. The summed E-state index contributed by atoms with van der Waals surface area (Å²) in [6, 6.07) is 3.73. The lowest BCUT2D eigenvalue weighted by Crippen LogP contribution is -2.16. The first-order valence-electron chi connectivity index (χ1n) is 6.51. The summed E-state index contributed by atoms with van der Waals surface area (Å²) in [6.45, 7) is 4.34. The number of rotatable bonds is 6. The van der Waals surface area contributed by atoms with E-state index in [1.807, 2.05) is 26.0 Å². The fourth-order valence-corrected chi connectivity index (χ4v) is 2.07. The van der Waals surface area contributed by atoms with E-state index in [0.717, 1.165) is 17.7 Å². The van der Waals surface area contributed by atoms with Crippen molar-refractivity contribution in [2.75, 3.05) is 0 Å². The number of carbonyl (C=O) groups is 1. The number of aryl methyl sites for hydroxylation is 1. The second kappa shape index (κ2) is 6.23. The number of aliphatic carboxylic acids is 1. The van der Waals surface area contributed by atoms with Crippen LogP contribution in [0.15, 0.2) is 18.3 Å². The molecule has 106 valence electrons. The minimum atomic E-state index is -0.802. The lowest BCUT2D eigenvalue weighted by Gasteiger charge is -2.13. The number of hydrogen-bond acceptors (Lipinski definition) is 5. The third-order valence-corrected chi connectivity index (χ3v) is 3.25. The van der Waals surface area contributed by atoms with E-state index in [9.17, 15) is 4.79 Å². The molecule has 0 aliphatic heterocycles. The monoisotopic (exact) mass is 275 g/mol. The van der Waals surface area contributed by atoms with Crippen LogP contribution in [0, 0.1) is 12.8 Å². The summed E-state index contributed by atoms with van der Waals surface area (Å²) in [5.41, 5.74) is 1.71. The predicted molar refractivity (Wildman–Crippen MR) is 71.8 cm³/mol. The molecule has 1 unspecified atom stereocenters. The van der Waals surface area contributed by atoms with Gasteiger partial charge >= 0.3 is 5.97 Å². The van der Waals surface area contributed by atoms with Crippen LogP contribution in [0.3, 0.4) is 0 Å². The molecule has 20 heavy (non-hydrogen) atoms. The molecule has 2 heterocycles. The molecule has 7 heteroatoms. The summed E-state index contributed by atoms with van der Waals surface area (Å²) in [7, 11) is 0. The van der Waals surface area contributed by atoms with Crippen molar-refractivity contribution in [3.8, 4) is 11.4 Å². The summed E-state index contributed by atoms with van der Waals surface area (Å²) in [5.74, 6) is -0.171. The summed E-state index contributed by atoms with van der Waals surface area (Å²) < 4.78 is 1.65. The number of nitrogens with zero attached hydrogens (tertiary/aromatic N) is 5. The van der Waals surface area contributed by atoms with Gasteiger partial charge in [-0.05, 0) is 35.4 Å². The quantitative estimate of drug-likeness (QED) is 0.859. The molecule has 0 radical (unpaired) electrons. The lowest BCUT2D eigenvalue weighted by atomic mass is 10.0. The third-order valence-electron chi connectivity index (χ3n) is 3.25. The Morgan fingerprint density at radius 2 is 2.30 bits per heavy atom. The van der Waals surface area contributed by atoms with E-state index in [1.54, 1.807) is 10.9 Å². The Morgan fingerprint density at radius 1 is 1.50 bits per heavy atom. The van der Waals surface area contributed by atoms with Gasteiger partial charge in [-0.25, -0.2) is 4.68 Å². The summed E-state index contributed by atoms with van der Waals surface area (Å²) in [5, 5.41) is 20.6. The molecule has 2 aromatic rings. The Bertz CT molecular complexity index is 596. The van der Waals surface area contributed by atoms with Gasteiger partial charge in [-0.15, -0.1) is 5.10 Å². The Kier molecular flexibility index (Phi) is 4.39. The van der Waals surface area contributed by atoms with Crippen molar-refractivity contribution in [1.29, 1.82) is 0 Å². The zero-order valence-corrected chi connectivity index (χ0v) is 11.5. The van der Waals surface area contributed by atoms with E-state index in [-0.39, 0.29) is 12.3 Å². The van der Waals surface area contributed by atoms with E-state index in [4.69, 9.17) is 5.11 Å². The van der Waals surface area contributed by atoms with Crippen LogP contribution in [0.4, 0.5) is 0 Å². The van der Waals surface area contributed by atoms with Crippen LogP contribution in [0.1, 0.15) is 25.5 Å². The number of carboxylic acids is 1. The number of carboxylic acid groups (broad SMARTS) is 1. The second-order valence-electron chi connectivity index (χ2n) is 4.69. The molecular formula is C13H17N5O2. The molecular weight excluding hydrogens is 258 g/mol. The van der Waals surface area contributed by atoms with Gasteiger partial charge in [0.2, 0.25) is 0 Å². The molecule has 7 nitrogen and oxygen atoms in total. The van der Waals surface area contributed by atoms with Crippen molar-refractivity contribution < 1.29 is 9.90 Å². The maximum Gasteiger partial charge on any atom is 0.303 e. The van der Waals surface area contributed by atoms with Crippen LogP contribution in [0.25, 0.3) is 11.4 Å². The highest BCUT2D eigenvalue weighted by Gasteiger charge is 2.17. The van der Waals surface area contributed by atoms with Crippen molar-refractivity contribution in [2.45, 2.75) is 33.2 Å². The molecule has 0 saturated carbocycles. The van der Waals surface area contributed by atoms with Gasteiger partial charge in [0.1, 0.15) is 0 Å². The van der Waals surface area contributed by atoms with Crippen molar-refractivity contribution >= 4 is 5.97 Å². The van der Waals surface area contributed by atoms with Crippen LogP contribution in [-0.4, -0.2) is 36.3 Å². The number of tetrazole rings is 1. The fourth-order valence-electron chi connectivity index (χ4n) is 2.07. The van der Waals surface area contributed by atoms with Crippen molar-refractivity contribution in [3.05, 3.63) is 24.0 Å². The zero-order valence-electron chi connectivity index (χ0n) is 11.5. The standard InChI is InChI=1S/C13H17N5O2/c1-3-10(7-12(19)20)8-18-13(15-16-17-18)11-5-4-6-14-9(11)2/h4-6,10H,3,7-8H2,1-2H3,(H,19,20). The highest BCUT2D eigenvalue weighted by atomic mass is 16.4. The van der Waals surface area contributed by atoms with Crippen LogP contribution in [-0.2, 0) is 11.3 Å². The molecule has 0 aromatic carbocycles. The van der Waals surface area contributed by atoms with Gasteiger partial charge in [0.05, 0.1) is 0 Å². The average molecular weight is 275 g/mol. The third kappa shape index (κ3) is 3.17. The topological polar surface area (TPSA) is 93.8 Å². The van der Waals surface area contributed by atoms with E-state index < -0.39 is 5.97 Å². The maximum absolute atomic E-state index is 10.8. The number of aromatic nitrogens is 5. The summed E-state index contributed by atoms with van der Waals surface area (Å²) >= 11 is 0. The predicted octanol–water partition coefficient (Wildman–Crippen LogP) is 1.54. The van der Waals surface area contributed by atoms with Crippen LogP contribution in [0.2, 0.25) is 0 Å². The fraction of sp³-hybridized carbons (Fsp3) is 0.462. The minimum Gasteiger partial charge on any atom is -0.481 e. The minimum absolute atomic E-state index is 0.00623. The molecule has 0 aliphatic rings. The molecule has 2 aromatic heterocycles. The van der Waals surface area contributed by atoms with E-state index in [0.29, 0.717) is 12.4 Å². The molecule has 0 fully saturated rings. The second-order valence-corrected chi connectivity index (χ2v) is 4.69. The van der Waals surface area contributed by atoms with Crippen molar-refractivity contribution in [3.63, 3.8) is 0 Å². The zero-order chi connectivity index (χ0) is 14.5. The highest BCUT2D eigenvalue weighted by Crippen LogP contribution is 2.20. The molecule has 0 saturated heterocycles. The molecule has 0 bridgehead atoms. The molecule has 0 aliphatic carbocycles. The van der Waals surface area contributed by atoms with Crippen LogP contribution < -0.4 is 0 Å². The molecule has 0 amide bonds. The molecule has 0 spiro atoms. The Hall–Kier alpha value is -2.31. The van der Waals surface area contributed by atoms with Gasteiger partial charge in [0.15, 0.2) is 5.82 Å². The Labute approximate surface area is 116 Å². The first-order chi connectivity index (χ1) is 9.61. The van der Waals surface area contributed by atoms with Gasteiger partial charge < -0.3 is 5.11 Å². The largest absolute Gasteiger partial charge is 0.481 e. The number of hydrogen-bond donors (Lipinski definition) is 1. The average Bonchev–Trinajstić information content (AvgIpc) is 2.86. The van der Waals surface area contributed by atoms with Gasteiger partial charge in [0.25, 0.3) is 0 Å². The molecule has 2 rings (SSSR count). The SMILES string of the molecule is CCC(CC(=O)O)Cn1nnnc1-c1cccnc1C. The van der Waals surface area contributed by atoms with E-state index >= 15 is 0 Å². The molecule has 1 N–H and O–H groups in total. The smallest absolute Gasteiger partial charge is 0.303 e. The van der Waals surface area contributed by atoms with Crippen molar-refractivity contribution in [1.82, 2.24) is 25.2 Å². The molecule has 1 atom stereocenters. The van der Waals surface area contributed by atoms with Crippen molar-refractivity contribution in [2.24, 2.45) is 5.92 Å². The van der Waals surface area contributed by atoms with Gasteiger partial charge in [-0.2, -0.15) is 0 Å². The highest BCUT2D eigenvalue weighted by molar-refractivity contribution is 5.67. The normalized spacial score (nSPS) is 12.3. The van der Waals surface area contributed by atoms with E-state index in [1.165, 1.54) is 0 Å². The maximum atomic E-state index is 10.8. The summed E-state index contributed by atoms with van der Waals surface area (Å²) in [6.07, 6.45) is 2.59. The van der Waals surface area contributed by atoms with Crippen LogP contribution in [0.5, 0.6) is 0 Å². The lowest BCUT2D eigenvalue weighted by molar-refractivity contribution is -0.138. The van der Waals surface area contributed by atoms with E-state index in [2.05, 4.69) is 20.5 Å². The van der Waals surface area contributed by atoms with Crippen LogP contribution >= 0.6 is 0 Å².